The topological polar surface area (TPSA) is 85.8 Å². The number of pyridine rings is 1. The third-order valence-corrected chi connectivity index (χ3v) is 2.85. The van der Waals surface area contributed by atoms with Gasteiger partial charge in [0.15, 0.2) is 5.82 Å². The second-order valence-corrected chi connectivity index (χ2v) is 4.49. The standard InChI is InChI=1S/C14H13N5O2/c1-10-7-12(21-18-10)14(20)16-9-11-3-5-15-13(8-11)19-6-2-4-17-19/h2-8H,9H2,1H3,(H,16,20). The molecule has 0 aliphatic carbocycles. The van der Waals surface area contributed by atoms with E-state index in [0.29, 0.717) is 18.1 Å². The first kappa shape index (κ1) is 13.0. The molecule has 106 valence electrons. The van der Waals surface area contributed by atoms with Gasteiger partial charge in [-0.05, 0) is 30.7 Å². The van der Waals surface area contributed by atoms with Crippen LogP contribution in [0.3, 0.4) is 0 Å². The van der Waals surface area contributed by atoms with E-state index in [-0.39, 0.29) is 11.7 Å². The van der Waals surface area contributed by atoms with Crippen LogP contribution in [-0.4, -0.2) is 25.8 Å². The van der Waals surface area contributed by atoms with Gasteiger partial charge in [-0.1, -0.05) is 5.16 Å². The van der Waals surface area contributed by atoms with Gasteiger partial charge in [-0.3, -0.25) is 4.79 Å². The van der Waals surface area contributed by atoms with Crippen LogP contribution in [0.1, 0.15) is 21.8 Å². The Kier molecular flexibility index (Phi) is 3.46. The lowest BCUT2D eigenvalue weighted by Crippen LogP contribution is -2.22. The van der Waals surface area contributed by atoms with Gasteiger partial charge in [-0.15, -0.1) is 0 Å². The van der Waals surface area contributed by atoms with Gasteiger partial charge in [0, 0.05) is 31.2 Å². The van der Waals surface area contributed by atoms with Crippen molar-refractivity contribution in [3.05, 3.63) is 59.9 Å². The zero-order chi connectivity index (χ0) is 14.7. The Hall–Kier alpha value is -2.96. The lowest BCUT2D eigenvalue weighted by Gasteiger charge is -2.05. The molecule has 7 nitrogen and oxygen atoms in total. The van der Waals surface area contributed by atoms with E-state index in [2.05, 4.69) is 20.6 Å². The summed E-state index contributed by atoms with van der Waals surface area (Å²) in [6, 6.07) is 7.11. The molecule has 7 heteroatoms. The Morgan fingerprint density at radius 3 is 3.00 bits per heavy atom. The van der Waals surface area contributed by atoms with Crippen LogP contribution in [0.5, 0.6) is 0 Å². The molecule has 3 rings (SSSR count). The van der Waals surface area contributed by atoms with Gasteiger partial charge in [0.2, 0.25) is 5.76 Å². The predicted molar refractivity (Wildman–Crippen MR) is 73.8 cm³/mol. The highest BCUT2D eigenvalue weighted by Crippen LogP contribution is 2.07. The van der Waals surface area contributed by atoms with Crippen molar-refractivity contribution in [3.63, 3.8) is 0 Å². The van der Waals surface area contributed by atoms with Crippen molar-refractivity contribution in [2.75, 3.05) is 0 Å². The monoisotopic (exact) mass is 283 g/mol. The maximum Gasteiger partial charge on any atom is 0.290 e. The van der Waals surface area contributed by atoms with Crippen LogP contribution >= 0.6 is 0 Å². The number of hydrogen-bond donors (Lipinski definition) is 1. The van der Waals surface area contributed by atoms with Gasteiger partial charge in [-0.25, -0.2) is 9.67 Å². The number of nitrogens with zero attached hydrogens (tertiary/aromatic N) is 4. The first-order chi connectivity index (χ1) is 10.2. The van der Waals surface area contributed by atoms with Crippen molar-refractivity contribution >= 4 is 5.91 Å². The molecule has 0 atom stereocenters. The van der Waals surface area contributed by atoms with E-state index >= 15 is 0 Å². The summed E-state index contributed by atoms with van der Waals surface area (Å²) >= 11 is 0. The third kappa shape index (κ3) is 2.97. The molecule has 3 aromatic heterocycles. The molecule has 0 aromatic carbocycles. The molecule has 3 aromatic rings. The maximum atomic E-state index is 11.9. The Bertz CT molecular complexity index is 748. The summed E-state index contributed by atoms with van der Waals surface area (Å²) in [7, 11) is 0. The van der Waals surface area contributed by atoms with Crippen molar-refractivity contribution in [1.82, 2.24) is 25.2 Å². The average molecular weight is 283 g/mol. The first-order valence-electron chi connectivity index (χ1n) is 6.39. The van der Waals surface area contributed by atoms with E-state index in [9.17, 15) is 4.79 Å². The van der Waals surface area contributed by atoms with Crippen LogP contribution in [0.15, 0.2) is 47.4 Å². The molecule has 0 aliphatic heterocycles. The molecule has 0 unspecified atom stereocenters. The summed E-state index contributed by atoms with van der Waals surface area (Å²) in [5, 5.41) is 10.6. The predicted octanol–water partition coefficient (Wildman–Crippen LogP) is 1.49. The van der Waals surface area contributed by atoms with Gasteiger partial charge in [0.05, 0.1) is 5.69 Å². The highest BCUT2D eigenvalue weighted by molar-refractivity contribution is 5.91. The SMILES string of the molecule is Cc1cc(C(=O)NCc2ccnc(-n3cccn3)c2)on1. The van der Waals surface area contributed by atoms with E-state index in [1.807, 2.05) is 24.4 Å². The summed E-state index contributed by atoms with van der Waals surface area (Å²) < 4.78 is 6.57. The molecule has 1 N–H and O–H groups in total. The second kappa shape index (κ2) is 5.58. The minimum absolute atomic E-state index is 0.203. The van der Waals surface area contributed by atoms with E-state index in [1.165, 1.54) is 0 Å². The number of carbonyl (C=O) groups is 1. The van der Waals surface area contributed by atoms with Crippen LogP contribution < -0.4 is 5.32 Å². The third-order valence-electron chi connectivity index (χ3n) is 2.85. The van der Waals surface area contributed by atoms with E-state index in [0.717, 1.165) is 5.56 Å². The maximum absolute atomic E-state index is 11.9. The lowest BCUT2D eigenvalue weighted by atomic mass is 10.2. The van der Waals surface area contributed by atoms with Crippen molar-refractivity contribution in [2.24, 2.45) is 0 Å². The number of aromatic nitrogens is 4. The van der Waals surface area contributed by atoms with E-state index < -0.39 is 0 Å². The number of hydrogen-bond acceptors (Lipinski definition) is 5. The number of carbonyl (C=O) groups excluding carboxylic acids is 1. The lowest BCUT2D eigenvalue weighted by molar-refractivity contribution is 0.0914. The van der Waals surface area contributed by atoms with E-state index in [1.54, 1.807) is 30.1 Å². The largest absolute Gasteiger partial charge is 0.351 e. The van der Waals surface area contributed by atoms with Gasteiger partial charge >= 0.3 is 0 Å². The van der Waals surface area contributed by atoms with Crippen LogP contribution in [-0.2, 0) is 6.54 Å². The van der Waals surface area contributed by atoms with Crippen molar-refractivity contribution < 1.29 is 9.32 Å². The molecular weight excluding hydrogens is 270 g/mol. The first-order valence-corrected chi connectivity index (χ1v) is 6.39. The van der Waals surface area contributed by atoms with E-state index in [4.69, 9.17) is 4.52 Å². The summed E-state index contributed by atoms with van der Waals surface area (Å²) in [5.41, 5.74) is 1.59. The Morgan fingerprint density at radius 1 is 1.38 bits per heavy atom. The van der Waals surface area contributed by atoms with Crippen molar-refractivity contribution in [2.45, 2.75) is 13.5 Å². The molecule has 0 fully saturated rings. The van der Waals surface area contributed by atoms with Crippen LogP contribution in [0, 0.1) is 6.92 Å². The Balaban J connectivity index is 1.68. The Labute approximate surface area is 120 Å². The molecule has 3 heterocycles. The fourth-order valence-electron chi connectivity index (χ4n) is 1.84. The molecule has 0 saturated carbocycles. The van der Waals surface area contributed by atoms with Crippen LogP contribution in [0.25, 0.3) is 5.82 Å². The smallest absolute Gasteiger partial charge is 0.290 e. The minimum Gasteiger partial charge on any atom is -0.351 e. The number of rotatable bonds is 4. The summed E-state index contributed by atoms with van der Waals surface area (Å²) in [5.74, 6) is 0.601. The molecule has 21 heavy (non-hydrogen) atoms. The molecule has 1 amide bonds. The fraction of sp³-hybridized carbons (Fsp3) is 0.143. The Morgan fingerprint density at radius 2 is 2.29 bits per heavy atom. The molecule has 0 bridgehead atoms. The van der Waals surface area contributed by atoms with Crippen LogP contribution in [0.2, 0.25) is 0 Å². The number of nitrogens with one attached hydrogen (secondary N) is 1. The minimum atomic E-state index is -0.298. The van der Waals surface area contributed by atoms with Crippen molar-refractivity contribution in [1.29, 1.82) is 0 Å². The number of amides is 1. The average Bonchev–Trinajstić information content (AvgIpc) is 3.16. The van der Waals surface area contributed by atoms with Crippen LogP contribution in [0.4, 0.5) is 0 Å². The fourth-order valence-corrected chi connectivity index (χ4v) is 1.84. The number of aryl methyl sites for hydroxylation is 1. The summed E-state index contributed by atoms with van der Waals surface area (Å²) in [6.45, 7) is 2.13. The zero-order valence-corrected chi connectivity index (χ0v) is 11.4. The molecule has 0 aliphatic rings. The molecular formula is C14H13N5O2. The van der Waals surface area contributed by atoms with Crippen molar-refractivity contribution in [3.8, 4) is 5.82 Å². The van der Waals surface area contributed by atoms with Gasteiger partial charge < -0.3 is 9.84 Å². The highest BCUT2D eigenvalue weighted by Gasteiger charge is 2.11. The summed E-state index contributed by atoms with van der Waals surface area (Å²) in [4.78, 5) is 16.1. The van der Waals surface area contributed by atoms with Gasteiger partial charge in [0.1, 0.15) is 0 Å². The molecule has 0 spiro atoms. The molecule has 0 radical (unpaired) electrons. The second-order valence-electron chi connectivity index (χ2n) is 4.49. The van der Waals surface area contributed by atoms with Gasteiger partial charge in [0.25, 0.3) is 5.91 Å². The summed E-state index contributed by atoms with van der Waals surface area (Å²) in [6.07, 6.45) is 5.17. The zero-order valence-electron chi connectivity index (χ0n) is 11.4. The normalized spacial score (nSPS) is 10.5. The van der Waals surface area contributed by atoms with Gasteiger partial charge in [-0.2, -0.15) is 5.10 Å². The highest BCUT2D eigenvalue weighted by atomic mass is 16.5. The quantitative estimate of drug-likeness (QED) is 0.784. The molecule has 0 saturated heterocycles.